The molecule has 0 bridgehead atoms. The van der Waals surface area contributed by atoms with Crippen molar-refractivity contribution in [2.75, 3.05) is 28.0 Å². The fourth-order valence-corrected chi connectivity index (χ4v) is 1.45. The van der Waals surface area contributed by atoms with E-state index in [1.54, 1.807) is 21.3 Å². The lowest BCUT2D eigenvalue weighted by atomic mass is 10.1. The summed E-state index contributed by atoms with van der Waals surface area (Å²) in [7, 11) is 4.83. The van der Waals surface area contributed by atoms with Crippen LogP contribution in [-0.2, 0) is 6.54 Å². The Morgan fingerprint density at radius 2 is 1.62 bits per heavy atom. The molecule has 0 saturated carbocycles. The maximum Gasteiger partial charge on any atom is 0.130 e. The van der Waals surface area contributed by atoms with E-state index in [0.717, 1.165) is 17.1 Å². The van der Waals surface area contributed by atoms with Crippen LogP contribution in [0, 0.1) is 0 Å². The van der Waals surface area contributed by atoms with Crippen molar-refractivity contribution < 1.29 is 14.2 Å². The molecule has 5 heteroatoms. The third-order valence-electron chi connectivity index (χ3n) is 2.26. The zero-order valence-electron chi connectivity index (χ0n) is 9.87. The predicted molar refractivity (Wildman–Crippen MR) is 62.0 cm³/mol. The number of hydrogen-bond donors (Lipinski definition) is 2. The molecule has 90 valence electrons. The van der Waals surface area contributed by atoms with E-state index >= 15 is 0 Å². The van der Waals surface area contributed by atoms with Crippen LogP contribution in [0.25, 0.3) is 0 Å². The van der Waals surface area contributed by atoms with Crippen LogP contribution in [0.3, 0.4) is 0 Å². The summed E-state index contributed by atoms with van der Waals surface area (Å²) in [6.45, 7) is 0.991. The summed E-state index contributed by atoms with van der Waals surface area (Å²) in [6.07, 6.45) is 0. The van der Waals surface area contributed by atoms with E-state index in [1.165, 1.54) is 0 Å². The van der Waals surface area contributed by atoms with Crippen LogP contribution >= 0.6 is 0 Å². The molecule has 0 aliphatic carbocycles. The Balaban J connectivity index is 3.09. The van der Waals surface area contributed by atoms with Crippen LogP contribution in [0.4, 0.5) is 0 Å². The van der Waals surface area contributed by atoms with Gasteiger partial charge in [-0.3, -0.25) is 0 Å². The van der Waals surface area contributed by atoms with Crippen molar-refractivity contribution in [2.24, 2.45) is 5.73 Å². The largest absolute Gasteiger partial charge is 0.496 e. The summed E-state index contributed by atoms with van der Waals surface area (Å²) in [5.41, 5.74) is 6.33. The van der Waals surface area contributed by atoms with Gasteiger partial charge in [0.05, 0.1) is 26.9 Å². The first-order valence-corrected chi connectivity index (χ1v) is 4.96. The summed E-state index contributed by atoms with van der Waals surface area (Å²) < 4.78 is 15.7. The highest BCUT2D eigenvalue weighted by Gasteiger charge is 2.12. The van der Waals surface area contributed by atoms with Crippen LogP contribution in [0.15, 0.2) is 12.1 Å². The lowest BCUT2D eigenvalue weighted by Crippen LogP contribution is -2.22. The zero-order chi connectivity index (χ0) is 12.0. The molecule has 0 radical (unpaired) electrons. The molecular formula is C11H18N2O3. The number of rotatable bonds is 6. The molecule has 0 aliphatic heterocycles. The molecule has 0 heterocycles. The standard InChI is InChI=1S/C11H18N2O3/c1-14-8-4-10(15-2)9(6-13-7-12)11(5-8)16-3/h4-5,13H,6-7,12H2,1-3H3. The third-order valence-corrected chi connectivity index (χ3v) is 2.26. The molecule has 0 amide bonds. The van der Waals surface area contributed by atoms with Crippen molar-refractivity contribution in [1.29, 1.82) is 0 Å². The molecule has 0 atom stereocenters. The SMILES string of the molecule is COc1cc(OC)c(CNCN)c(OC)c1. The number of benzene rings is 1. The van der Waals surface area contributed by atoms with Crippen LogP contribution in [-0.4, -0.2) is 28.0 Å². The number of ether oxygens (including phenoxy) is 3. The van der Waals surface area contributed by atoms with Gasteiger partial charge in [-0.2, -0.15) is 0 Å². The van der Waals surface area contributed by atoms with Crippen molar-refractivity contribution in [1.82, 2.24) is 5.32 Å². The van der Waals surface area contributed by atoms with Crippen LogP contribution in [0.2, 0.25) is 0 Å². The van der Waals surface area contributed by atoms with E-state index in [0.29, 0.717) is 19.0 Å². The third kappa shape index (κ3) is 2.77. The van der Waals surface area contributed by atoms with E-state index in [4.69, 9.17) is 19.9 Å². The van der Waals surface area contributed by atoms with Crippen molar-refractivity contribution >= 4 is 0 Å². The summed E-state index contributed by atoms with van der Waals surface area (Å²) in [6, 6.07) is 3.63. The maximum absolute atomic E-state index is 5.40. The molecule has 0 saturated heterocycles. The van der Waals surface area contributed by atoms with Gasteiger partial charge in [-0.15, -0.1) is 0 Å². The fourth-order valence-electron chi connectivity index (χ4n) is 1.45. The predicted octanol–water partition coefficient (Wildman–Crippen LogP) is 0.718. The van der Waals surface area contributed by atoms with Gasteiger partial charge < -0.3 is 25.3 Å². The minimum atomic E-state index is 0.401. The van der Waals surface area contributed by atoms with Gasteiger partial charge in [-0.1, -0.05) is 0 Å². The molecule has 0 unspecified atom stereocenters. The van der Waals surface area contributed by atoms with Gasteiger partial charge in [0.1, 0.15) is 17.2 Å². The van der Waals surface area contributed by atoms with E-state index < -0.39 is 0 Å². The van der Waals surface area contributed by atoms with Gasteiger partial charge in [0, 0.05) is 25.3 Å². The second-order valence-corrected chi connectivity index (χ2v) is 3.14. The Kier molecular flexibility index (Phi) is 4.88. The van der Waals surface area contributed by atoms with Gasteiger partial charge in [0.25, 0.3) is 0 Å². The average Bonchev–Trinajstić information content (AvgIpc) is 2.35. The Morgan fingerprint density at radius 3 is 2.00 bits per heavy atom. The molecule has 16 heavy (non-hydrogen) atoms. The number of methoxy groups -OCH3 is 3. The lowest BCUT2D eigenvalue weighted by Gasteiger charge is -2.15. The molecule has 1 rings (SSSR count). The monoisotopic (exact) mass is 226 g/mol. The van der Waals surface area contributed by atoms with E-state index in [-0.39, 0.29) is 0 Å². The molecular weight excluding hydrogens is 208 g/mol. The van der Waals surface area contributed by atoms with E-state index in [2.05, 4.69) is 5.32 Å². The smallest absolute Gasteiger partial charge is 0.130 e. The summed E-state index contributed by atoms with van der Waals surface area (Å²) in [5.74, 6) is 2.14. The quantitative estimate of drug-likeness (QED) is 0.700. The molecule has 0 aromatic heterocycles. The van der Waals surface area contributed by atoms with Crippen molar-refractivity contribution in [3.05, 3.63) is 17.7 Å². The number of nitrogens with two attached hydrogens (primary N) is 1. The minimum Gasteiger partial charge on any atom is -0.496 e. The summed E-state index contributed by atoms with van der Waals surface area (Å²) >= 11 is 0. The number of nitrogens with one attached hydrogen (secondary N) is 1. The highest BCUT2D eigenvalue weighted by atomic mass is 16.5. The Hall–Kier alpha value is -1.46. The number of hydrogen-bond acceptors (Lipinski definition) is 5. The van der Waals surface area contributed by atoms with Crippen LogP contribution in [0.1, 0.15) is 5.56 Å². The molecule has 3 N–H and O–H groups in total. The Labute approximate surface area is 95.5 Å². The van der Waals surface area contributed by atoms with Crippen molar-refractivity contribution in [3.8, 4) is 17.2 Å². The van der Waals surface area contributed by atoms with E-state index in [9.17, 15) is 0 Å². The molecule has 1 aromatic rings. The van der Waals surface area contributed by atoms with E-state index in [1.807, 2.05) is 12.1 Å². The Morgan fingerprint density at radius 1 is 1.06 bits per heavy atom. The summed E-state index contributed by atoms with van der Waals surface area (Å²) in [4.78, 5) is 0. The molecule has 0 spiro atoms. The van der Waals surface area contributed by atoms with Gasteiger partial charge >= 0.3 is 0 Å². The lowest BCUT2D eigenvalue weighted by molar-refractivity contribution is 0.367. The van der Waals surface area contributed by atoms with Gasteiger partial charge in [0.2, 0.25) is 0 Å². The average molecular weight is 226 g/mol. The first-order chi connectivity index (χ1) is 7.76. The van der Waals surface area contributed by atoms with Crippen molar-refractivity contribution in [3.63, 3.8) is 0 Å². The molecule has 1 aromatic carbocycles. The minimum absolute atomic E-state index is 0.401. The van der Waals surface area contributed by atoms with Gasteiger partial charge in [-0.05, 0) is 0 Å². The van der Waals surface area contributed by atoms with Gasteiger partial charge in [0.15, 0.2) is 0 Å². The second-order valence-electron chi connectivity index (χ2n) is 3.14. The summed E-state index contributed by atoms with van der Waals surface area (Å²) in [5, 5.41) is 3.03. The normalized spacial score (nSPS) is 10.0. The second kappa shape index (κ2) is 6.19. The Bertz CT molecular complexity index is 317. The van der Waals surface area contributed by atoms with Crippen molar-refractivity contribution in [2.45, 2.75) is 6.54 Å². The maximum atomic E-state index is 5.40. The fraction of sp³-hybridized carbons (Fsp3) is 0.455. The van der Waals surface area contributed by atoms with Crippen LogP contribution in [0.5, 0.6) is 17.2 Å². The van der Waals surface area contributed by atoms with Gasteiger partial charge in [-0.25, -0.2) is 0 Å². The topological polar surface area (TPSA) is 65.7 Å². The van der Waals surface area contributed by atoms with Crippen LogP contribution < -0.4 is 25.3 Å². The first-order valence-electron chi connectivity index (χ1n) is 4.96. The zero-order valence-corrected chi connectivity index (χ0v) is 9.87. The first kappa shape index (κ1) is 12.6. The molecule has 0 aliphatic rings. The molecule has 0 fully saturated rings. The molecule has 5 nitrogen and oxygen atoms in total. The highest BCUT2D eigenvalue weighted by molar-refractivity contribution is 5.50. The highest BCUT2D eigenvalue weighted by Crippen LogP contribution is 2.33.